The van der Waals surface area contributed by atoms with E-state index in [0.717, 1.165) is 11.4 Å². The van der Waals surface area contributed by atoms with Gasteiger partial charge in [-0.1, -0.05) is 51.4 Å². The second-order valence-corrected chi connectivity index (χ2v) is 8.91. The van der Waals surface area contributed by atoms with Gasteiger partial charge in [0.15, 0.2) is 0 Å². The molecule has 0 bridgehead atoms. The predicted octanol–water partition coefficient (Wildman–Crippen LogP) is 3.17. The van der Waals surface area contributed by atoms with Crippen LogP contribution < -0.4 is 11.1 Å². The van der Waals surface area contributed by atoms with E-state index in [4.69, 9.17) is 17.3 Å². The molecule has 1 aromatic rings. The number of hydrogen-bond acceptors (Lipinski definition) is 3. The Morgan fingerprint density at radius 2 is 1.93 bits per heavy atom. The maximum absolute atomic E-state index is 13.1. The summed E-state index contributed by atoms with van der Waals surface area (Å²) in [5.41, 5.74) is 6.64. The molecule has 150 valence electrons. The maximum Gasteiger partial charge on any atom is 0.245 e. The number of carbonyl (C=O) groups is 2. The highest BCUT2D eigenvalue weighted by Crippen LogP contribution is 2.42. The van der Waals surface area contributed by atoms with Crippen molar-refractivity contribution in [2.45, 2.75) is 52.5 Å². The molecule has 3 N–H and O–H groups in total. The number of nitrogens with one attached hydrogen (secondary N) is 1. The van der Waals surface area contributed by atoms with Crippen LogP contribution in [0.1, 0.15) is 52.0 Å². The molecule has 0 unspecified atom stereocenters. The summed E-state index contributed by atoms with van der Waals surface area (Å²) in [5, 5.41) is 3.60. The van der Waals surface area contributed by atoms with Gasteiger partial charge in [0.25, 0.3) is 0 Å². The lowest BCUT2D eigenvalue weighted by molar-refractivity contribution is -0.140. The Hall–Kier alpha value is -1.59. The van der Waals surface area contributed by atoms with Crippen LogP contribution in [0.25, 0.3) is 0 Å². The van der Waals surface area contributed by atoms with Gasteiger partial charge in [-0.15, -0.1) is 0 Å². The zero-order chi connectivity index (χ0) is 20.2. The molecule has 1 heterocycles. The highest BCUT2D eigenvalue weighted by molar-refractivity contribution is 6.30. The fraction of sp³-hybridized carbons (Fsp3) is 0.619. The van der Waals surface area contributed by atoms with Gasteiger partial charge in [-0.05, 0) is 41.4 Å². The van der Waals surface area contributed by atoms with Crippen LogP contribution in [0.2, 0.25) is 5.02 Å². The minimum Gasteiger partial charge on any atom is -0.344 e. The van der Waals surface area contributed by atoms with E-state index < -0.39 is 6.04 Å². The number of hydrogen-bond donors (Lipinski definition) is 2. The maximum atomic E-state index is 13.1. The Kier molecular flexibility index (Phi) is 7.29. The van der Waals surface area contributed by atoms with Crippen molar-refractivity contribution < 1.29 is 9.59 Å². The third-order valence-corrected chi connectivity index (χ3v) is 5.69. The first-order chi connectivity index (χ1) is 12.7. The number of likely N-dealkylation sites (tertiary alicyclic amines) is 1. The molecular formula is C21H32ClN3O2. The SMILES string of the molecule is CC(C)[C@@H](NC(=O)CCN)C(=O)N1CC[C@H](c2ccc(Cl)cc2)C(C)(C)C1. The molecule has 1 aliphatic heterocycles. The first kappa shape index (κ1) is 21.7. The number of carbonyl (C=O) groups excluding carboxylic acids is 2. The quantitative estimate of drug-likeness (QED) is 0.779. The average molecular weight is 394 g/mol. The van der Waals surface area contributed by atoms with Crippen LogP contribution >= 0.6 is 11.6 Å². The van der Waals surface area contributed by atoms with E-state index in [1.807, 2.05) is 30.9 Å². The highest BCUT2D eigenvalue weighted by atomic mass is 35.5. The van der Waals surface area contributed by atoms with Crippen LogP contribution in [-0.2, 0) is 9.59 Å². The molecule has 2 atom stereocenters. The lowest BCUT2D eigenvalue weighted by Gasteiger charge is -2.45. The van der Waals surface area contributed by atoms with Gasteiger partial charge in [-0.3, -0.25) is 9.59 Å². The number of nitrogens with two attached hydrogens (primary N) is 1. The summed E-state index contributed by atoms with van der Waals surface area (Å²) < 4.78 is 0. The molecule has 0 radical (unpaired) electrons. The van der Waals surface area contributed by atoms with Crippen molar-refractivity contribution >= 4 is 23.4 Å². The number of rotatable bonds is 6. The number of amides is 2. The topological polar surface area (TPSA) is 75.4 Å². The van der Waals surface area contributed by atoms with Crippen molar-refractivity contribution in [2.75, 3.05) is 19.6 Å². The molecule has 2 rings (SSSR count). The number of halogens is 1. The van der Waals surface area contributed by atoms with Gasteiger partial charge in [0.1, 0.15) is 6.04 Å². The minimum absolute atomic E-state index is 0.00185. The number of nitrogens with zero attached hydrogens (tertiary/aromatic N) is 1. The fourth-order valence-corrected chi connectivity index (χ4v) is 4.07. The van der Waals surface area contributed by atoms with E-state index in [9.17, 15) is 9.59 Å². The van der Waals surface area contributed by atoms with Gasteiger partial charge >= 0.3 is 0 Å². The third kappa shape index (κ3) is 5.45. The van der Waals surface area contributed by atoms with Crippen LogP contribution in [0.5, 0.6) is 0 Å². The lowest BCUT2D eigenvalue weighted by Crippen LogP contribution is -2.56. The molecule has 0 saturated carbocycles. The number of benzene rings is 1. The van der Waals surface area contributed by atoms with E-state index in [0.29, 0.717) is 19.0 Å². The molecule has 1 aromatic carbocycles. The van der Waals surface area contributed by atoms with E-state index in [-0.39, 0.29) is 36.1 Å². The van der Waals surface area contributed by atoms with E-state index >= 15 is 0 Å². The van der Waals surface area contributed by atoms with E-state index in [1.165, 1.54) is 5.56 Å². The Morgan fingerprint density at radius 1 is 1.30 bits per heavy atom. The molecule has 0 spiro atoms. The minimum atomic E-state index is -0.507. The monoisotopic (exact) mass is 393 g/mol. The van der Waals surface area contributed by atoms with Gasteiger partial charge in [0, 0.05) is 31.1 Å². The Bertz CT molecular complexity index is 658. The zero-order valence-corrected chi connectivity index (χ0v) is 17.6. The molecule has 1 fully saturated rings. The van der Waals surface area contributed by atoms with E-state index in [2.05, 4.69) is 31.3 Å². The first-order valence-electron chi connectivity index (χ1n) is 9.69. The van der Waals surface area contributed by atoms with Gasteiger partial charge in [0.05, 0.1) is 0 Å². The van der Waals surface area contributed by atoms with Crippen LogP contribution in [-0.4, -0.2) is 42.4 Å². The lowest BCUT2D eigenvalue weighted by atomic mass is 9.70. The first-order valence-corrected chi connectivity index (χ1v) is 10.1. The summed E-state index contributed by atoms with van der Waals surface area (Å²) in [5.74, 6) is 0.220. The molecule has 2 amide bonds. The molecule has 0 aliphatic carbocycles. The molecule has 0 aromatic heterocycles. The van der Waals surface area contributed by atoms with Crippen molar-refractivity contribution in [3.05, 3.63) is 34.9 Å². The van der Waals surface area contributed by atoms with Crippen molar-refractivity contribution in [2.24, 2.45) is 17.1 Å². The molecule has 5 nitrogen and oxygen atoms in total. The van der Waals surface area contributed by atoms with Gasteiger partial charge < -0.3 is 16.0 Å². The second-order valence-electron chi connectivity index (χ2n) is 8.47. The summed E-state index contributed by atoms with van der Waals surface area (Å²) >= 11 is 6.02. The zero-order valence-electron chi connectivity index (χ0n) is 16.8. The van der Waals surface area contributed by atoms with Crippen molar-refractivity contribution in [3.8, 4) is 0 Å². The summed E-state index contributed by atoms with van der Waals surface area (Å²) in [4.78, 5) is 27.0. The highest BCUT2D eigenvalue weighted by Gasteiger charge is 2.40. The second kappa shape index (κ2) is 9.07. The van der Waals surface area contributed by atoms with Crippen LogP contribution in [0.4, 0.5) is 0 Å². The smallest absolute Gasteiger partial charge is 0.245 e. The summed E-state index contributed by atoms with van der Waals surface area (Å²) in [6.07, 6.45) is 1.13. The average Bonchev–Trinajstić information content (AvgIpc) is 2.59. The van der Waals surface area contributed by atoms with E-state index in [1.54, 1.807) is 0 Å². The third-order valence-electron chi connectivity index (χ3n) is 5.43. The van der Waals surface area contributed by atoms with Crippen LogP contribution in [0, 0.1) is 11.3 Å². The van der Waals surface area contributed by atoms with Gasteiger partial charge in [-0.2, -0.15) is 0 Å². The Balaban J connectivity index is 2.10. The predicted molar refractivity (Wildman–Crippen MR) is 110 cm³/mol. The Morgan fingerprint density at radius 3 is 2.44 bits per heavy atom. The standard InChI is InChI=1S/C21H32ClN3O2/c1-14(2)19(24-18(26)9-11-23)20(27)25-12-10-17(21(3,4)13-25)15-5-7-16(22)8-6-15/h5-8,14,17,19H,9-13,23H2,1-4H3,(H,24,26)/t17-,19-/m1/s1. The molecular weight excluding hydrogens is 362 g/mol. The van der Waals surface area contributed by atoms with Crippen LogP contribution in [0.15, 0.2) is 24.3 Å². The van der Waals surface area contributed by atoms with Gasteiger partial charge in [0.2, 0.25) is 11.8 Å². The summed E-state index contributed by atoms with van der Waals surface area (Å²) in [6.45, 7) is 9.94. The molecule has 1 aliphatic rings. The molecule has 6 heteroatoms. The van der Waals surface area contributed by atoms with Crippen molar-refractivity contribution in [3.63, 3.8) is 0 Å². The van der Waals surface area contributed by atoms with Crippen molar-refractivity contribution in [1.29, 1.82) is 0 Å². The summed E-state index contributed by atoms with van der Waals surface area (Å²) in [7, 11) is 0. The summed E-state index contributed by atoms with van der Waals surface area (Å²) in [6, 6.07) is 7.50. The largest absolute Gasteiger partial charge is 0.344 e. The fourth-order valence-electron chi connectivity index (χ4n) is 3.94. The molecule has 1 saturated heterocycles. The number of piperidine rings is 1. The van der Waals surface area contributed by atoms with Crippen LogP contribution in [0.3, 0.4) is 0 Å². The normalized spacial score (nSPS) is 20.4. The van der Waals surface area contributed by atoms with Gasteiger partial charge in [-0.25, -0.2) is 0 Å². The Labute approximate surface area is 167 Å². The van der Waals surface area contributed by atoms with Crippen molar-refractivity contribution in [1.82, 2.24) is 10.2 Å². The molecule has 27 heavy (non-hydrogen) atoms.